The number of aromatic nitrogens is 3. The van der Waals surface area contributed by atoms with E-state index in [2.05, 4.69) is 20.3 Å². The highest BCUT2D eigenvalue weighted by Gasteiger charge is 2.10. The van der Waals surface area contributed by atoms with E-state index in [4.69, 9.17) is 5.73 Å². The first-order valence-corrected chi connectivity index (χ1v) is 7.82. The maximum Gasteiger partial charge on any atom is 0.270 e. The molecule has 2 rings (SSSR count). The van der Waals surface area contributed by atoms with Gasteiger partial charge >= 0.3 is 0 Å². The number of hydrogen-bond acceptors (Lipinski definition) is 7. The molecule has 0 aliphatic rings. The number of thioether (sulfide) groups is 1. The van der Waals surface area contributed by atoms with Crippen LogP contribution in [-0.2, 0) is 6.42 Å². The number of nitrogen functional groups attached to an aromatic ring is 1. The summed E-state index contributed by atoms with van der Waals surface area (Å²) in [5.74, 6) is 0.366. The van der Waals surface area contributed by atoms with Crippen LogP contribution < -0.4 is 16.6 Å². The smallest absolute Gasteiger partial charge is 0.270 e. The fourth-order valence-electron chi connectivity index (χ4n) is 1.49. The third-order valence-electron chi connectivity index (χ3n) is 2.35. The van der Waals surface area contributed by atoms with Crippen LogP contribution in [0.3, 0.4) is 0 Å². The third-order valence-corrected chi connectivity index (χ3v) is 4.21. The van der Waals surface area contributed by atoms with Crippen molar-refractivity contribution in [2.24, 2.45) is 0 Å². The summed E-state index contributed by atoms with van der Waals surface area (Å²) in [4.78, 5) is 33.7. The van der Waals surface area contributed by atoms with Crippen LogP contribution >= 0.6 is 23.1 Å². The number of anilines is 1. The summed E-state index contributed by atoms with van der Waals surface area (Å²) < 4.78 is 0.844. The zero-order valence-corrected chi connectivity index (χ0v) is 12.3. The van der Waals surface area contributed by atoms with Crippen LogP contribution in [0.1, 0.15) is 16.3 Å². The molecule has 9 heteroatoms. The lowest BCUT2D eigenvalue weighted by Gasteiger charge is -2.03. The molecule has 0 bridgehead atoms. The molecule has 0 aromatic carbocycles. The zero-order valence-electron chi connectivity index (χ0n) is 10.7. The zero-order chi connectivity index (χ0) is 14.5. The number of amides is 1. The van der Waals surface area contributed by atoms with E-state index in [1.54, 1.807) is 5.38 Å². The molecular weight excluding hydrogens is 298 g/mol. The Morgan fingerprint density at radius 1 is 1.55 bits per heavy atom. The van der Waals surface area contributed by atoms with E-state index in [1.165, 1.54) is 29.2 Å². The molecule has 0 aliphatic carbocycles. The molecule has 7 nitrogen and oxygen atoms in total. The molecule has 0 fully saturated rings. The molecule has 2 aromatic rings. The number of thiazole rings is 1. The average molecular weight is 311 g/mol. The molecule has 0 spiro atoms. The van der Waals surface area contributed by atoms with Crippen LogP contribution in [0.5, 0.6) is 0 Å². The van der Waals surface area contributed by atoms with Gasteiger partial charge in [0, 0.05) is 24.4 Å². The van der Waals surface area contributed by atoms with E-state index in [0.29, 0.717) is 24.5 Å². The Bertz CT molecular complexity index is 667. The number of H-pyrrole nitrogens is 1. The lowest BCUT2D eigenvalue weighted by molar-refractivity contribution is 0.0949. The first kappa shape index (κ1) is 14.5. The summed E-state index contributed by atoms with van der Waals surface area (Å²) in [5.41, 5.74) is 5.56. The van der Waals surface area contributed by atoms with Gasteiger partial charge < -0.3 is 16.0 Å². The van der Waals surface area contributed by atoms with E-state index in [1.807, 2.05) is 6.26 Å². The predicted octanol–water partition coefficient (Wildman–Crippen LogP) is 0.503. The van der Waals surface area contributed by atoms with Gasteiger partial charge in [-0.2, -0.15) is 0 Å². The van der Waals surface area contributed by atoms with Gasteiger partial charge in [0.05, 0.1) is 0 Å². The molecule has 2 aromatic heterocycles. The fraction of sp³-hybridized carbons (Fsp3) is 0.273. The fourth-order valence-corrected chi connectivity index (χ4v) is 2.73. The number of rotatable bonds is 5. The summed E-state index contributed by atoms with van der Waals surface area (Å²) in [6.45, 7) is 0.345. The molecule has 0 radical (unpaired) electrons. The topological polar surface area (TPSA) is 114 Å². The van der Waals surface area contributed by atoms with Gasteiger partial charge in [0.2, 0.25) is 0 Å². The lowest BCUT2D eigenvalue weighted by atomic mass is 10.3. The highest BCUT2D eigenvalue weighted by molar-refractivity contribution is 8.00. The van der Waals surface area contributed by atoms with E-state index in [0.717, 1.165) is 4.34 Å². The number of hydrogen-bond donors (Lipinski definition) is 3. The maximum absolute atomic E-state index is 11.8. The first-order chi connectivity index (χ1) is 9.58. The SMILES string of the molecule is CSc1nc(C(=O)NCCc2nc(N)cc(=O)[nH]2)cs1. The molecule has 106 valence electrons. The minimum absolute atomic E-state index is 0.166. The number of nitrogens with one attached hydrogen (secondary N) is 2. The molecule has 0 unspecified atom stereocenters. The third kappa shape index (κ3) is 3.81. The number of nitrogens with two attached hydrogens (primary N) is 1. The standard InChI is InChI=1S/C11H13N5O2S2/c1-19-11-14-6(5-20-11)10(18)13-3-2-8-15-7(12)4-9(17)16-8/h4-5H,2-3H2,1H3,(H,13,18)(H3,12,15,16,17). The predicted molar refractivity (Wildman–Crippen MR) is 79.2 cm³/mol. The number of nitrogens with zero attached hydrogens (tertiary/aromatic N) is 2. The van der Waals surface area contributed by atoms with Gasteiger partial charge in [-0.25, -0.2) is 9.97 Å². The Morgan fingerprint density at radius 2 is 2.35 bits per heavy atom. The van der Waals surface area contributed by atoms with Crippen molar-refractivity contribution >= 4 is 34.8 Å². The van der Waals surface area contributed by atoms with Crippen LogP contribution in [-0.4, -0.2) is 33.7 Å². The Morgan fingerprint density at radius 3 is 3.00 bits per heavy atom. The van der Waals surface area contributed by atoms with Gasteiger partial charge in [-0.3, -0.25) is 9.59 Å². The van der Waals surface area contributed by atoms with Crippen LogP contribution in [0.15, 0.2) is 20.6 Å². The van der Waals surface area contributed by atoms with Gasteiger partial charge in [-0.1, -0.05) is 11.8 Å². The number of carbonyl (C=O) groups excluding carboxylic acids is 1. The quantitative estimate of drug-likeness (QED) is 0.693. The van der Waals surface area contributed by atoms with Crippen LogP contribution in [0.2, 0.25) is 0 Å². The lowest BCUT2D eigenvalue weighted by Crippen LogP contribution is -2.27. The molecule has 4 N–H and O–H groups in total. The minimum atomic E-state index is -0.303. The second-order valence-electron chi connectivity index (χ2n) is 3.83. The second kappa shape index (κ2) is 6.53. The Hall–Kier alpha value is -1.87. The van der Waals surface area contributed by atoms with Gasteiger partial charge in [0.1, 0.15) is 21.7 Å². The van der Waals surface area contributed by atoms with Gasteiger partial charge in [-0.05, 0) is 6.26 Å². The van der Waals surface area contributed by atoms with Crippen molar-refractivity contribution in [3.8, 4) is 0 Å². The van der Waals surface area contributed by atoms with E-state index in [-0.39, 0.29) is 17.3 Å². The average Bonchev–Trinajstić information content (AvgIpc) is 2.86. The second-order valence-corrected chi connectivity index (χ2v) is 5.74. The van der Waals surface area contributed by atoms with E-state index < -0.39 is 0 Å². The van der Waals surface area contributed by atoms with Crippen molar-refractivity contribution < 1.29 is 4.79 Å². The number of aromatic amines is 1. The normalized spacial score (nSPS) is 10.4. The summed E-state index contributed by atoms with van der Waals surface area (Å²) in [7, 11) is 0. The molecular formula is C11H13N5O2S2. The Labute approximate surface area is 123 Å². The van der Waals surface area contributed by atoms with Crippen molar-refractivity contribution in [2.75, 3.05) is 18.5 Å². The van der Waals surface area contributed by atoms with Crippen molar-refractivity contribution in [3.63, 3.8) is 0 Å². The van der Waals surface area contributed by atoms with Crippen molar-refractivity contribution in [1.82, 2.24) is 20.3 Å². The number of carbonyl (C=O) groups is 1. The highest BCUT2D eigenvalue weighted by Crippen LogP contribution is 2.19. The Kier molecular flexibility index (Phi) is 4.74. The summed E-state index contributed by atoms with van der Waals surface area (Å²) in [5, 5.41) is 4.43. The van der Waals surface area contributed by atoms with Crippen molar-refractivity contribution in [3.05, 3.63) is 33.3 Å². The summed E-state index contributed by atoms with van der Waals surface area (Å²) >= 11 is 2.92. The maximum atomic E-state index is 11.8. The van der Waals surface area contributed by atoms with Gasteiger partial charge in [0.25, 0.3) is 11.5 Å². The van der Waals surface area contributed by atoms with Crippen LogP contribution in [0.4, 0.5) is 5.82 Å². The van der Waals surface area contributed by atoms with Crippen molar-refractivity contribution in [1.29, 1.82) is 0 Å². The molecule has 0 saturated heterocycles. The molecule has 1 amide bonds. The van der Waals surface area contributed by atoms with Crippen LogP contribution in [0.25, 0.3) is 0 Å². The molecule has 0 atom stereocenters. The first-order valence-electron chi connectivity index (χ1n) is 5.72. The van der Waals surface area contributed by atoms with Gasteiger partial charge in [-0.15, -0.1) is 11.3 Å². The van der Waals surface area contributed by atoms with E-state index >= 15 is 0 Å². The summed E-state index contributed by atoms with van der Waals surface area (Å²) in [6, 6.07) is 1.21. The molecule has 0 saturated carbocycles. The van der Waals surface area contributed by atoms with E-state index in [9.17, 15) is 9.59 Å². The summed E-state index contributed by atoms with van der Waals surface area (Å²) in [6.07, 6.45) is 2.30. The highest BCUT2D eigenvalue weighted by atomic mass is 32.2. The van der Waals surface area contributed by atoms with Gasteiger partial charge in [0.15, 0.2) is 0 Å². The molecule has 0 aliphatic heterocycles. The monoisotopic (exact) mass is 311 g/mol. The largest absolute Gasteiger partial charge is 0.383 e. The molecule has 20 heavy (non-hydrogen) atoms. The Balaban J connectivity index is 1.89. The van der Waals surface area contributed by atoms with Crippen LogP contribution in [0, 0.1) is 0 Å². The minimum Gasteiger partial charge on any atom is -0.383 e. The molecule has 2 heterocycles. The van der Waals surface area contributed by atoms with Crippen molar-refractivity contribution in [2.45, 2.75) is 10.8 Å².